The number of benzene rings is 1. The fraction of sp³-hybridized carbons (Fsp3) is 0.632. The Morgan fingerprint density at radius 3 is 2.75 bits per heavy atom. The number of nitrogens with one attached hydrogen (secondary N) is 2. The van der Waals surface area contributed by atoms with Gasteiger partial charge < -0.3 is 15.4 Å². The predicted molar refractivity (Wildman–Crippen MR) is 97.0 cm³/mol. The van der Waals surface area contributed by atoms with E-state index in [4.69, 9.17) is 4.74 Å². The third-order valence-corrected chi connectivity index (χ3v) is 4.78. The van der Waals surface area contributed by atoms with Crippen molar-refractivity contribution in [2.24, 2.45) is 10.4 Å². The fourth-order valence-electron chi connectivity index (χ4n) is 2.87. The van der Waals surface area contributed by atoms with E-state index in [1.807, 2.05) is 19.9 Å². The van der Waals surface area contributed by atoms with Crippen LogP contribution in [0.15, 0.2) is 23.2 Å². The first kappa shape index (κ1) is 18.7. The highest BCUT2D eigenvalue weighted by atomic mass is 19.1. The zero-order chi connectivity index (χ0) is 17.4. The summed E-state index contributed by atoms with van der Waals surface area (Å²) in [5.41, 5.74) is 2.54. The molecule has 134 valence electrons. The molecule has 1 fully saturated rings. The van der Waals surface area contributed by atoms with E-state index in [1.165, 1.54) is 18.9 Å². The van der Waals surface area contributed by atoms with Gasteiger partial charge in [0.15, 0.2) is 5.96 Å². The van der Waals surface area contributed by atoms with Crippen molar-refractivity contribution in [1.29, 1.82) is 0 Å². The van der Waals surface area contributed by atoms with Crippen molar-refractivity contribution >= 4 is 5.96 Å². The van der Waals surface area contributed by atoms with Crippen LogP contribution in [0, 0.1) is 18.2 Å². The van der Waals surface area contributed by atoms with Gasteiger partial charge in [-0.1, -0.05) is 6.07 Å². The van der Waals surface area contributed by atoms with Gasteiger partial charge in [0.1, 0.15) is 5.82 Å². The minimum Gasteiger partial charge on any atom is -0.382 e. The summed E-state index contributed by atoms with van der Waals surface area (Å²) in [5.74, 6) is 0.654. The number of ether oxygens (including phenoxy) is 1. The Labute approximate surface area is 144 Å². The Bertz CT molecular complexity index is 556. The molecule has 0 aliphatic heterocycles. The Hall–Kier alpha value is -1.62. The second-order valence-corrected chi connectivity index (χ2v) is 6.62. The van der Waals surface area contributed by atoms with E-state index >= 15 is 0 Å². The lowest BCUT2D eigenvalue weighted by Crippen LogP contribution is -2.41. The van der Waals surface area contributed by atoms with E-state index in [0.717, 1.165) is 56.2 Å². The molecule has 4 nitrogen and oxygen atoms in total. The molecule has 5 heteroatoms. The maximum atomic E-state index is 13.1. The van der Waals surface area contributed by atoms with Crippen molar-refractivity contribution < 1.29 is 9.13 Å². The summed E-state index contributed by atoms with van der Waals surface area (Å²) < 4.78 is 18.6. The predicted octanol–water partition coefficient (Wildman–Crippen LogP) is 3.05. The number of rotatable bonds is 9. The molecule has 1 aromatic carbocycles. The molecule has 1 aliphatic carbocycles. The molecule has 1 aliphatic rings. The van der Waals surface area contributed by atoms with Crippen molar-refractivity contribution in [3.63, 3.8) is 0 Å². The van der Waals surface area contributed by atoms with Gasteiger partial charge in [-0.2, -0.15) is 0 Å². The highest BCUT2D eigenvalue weighted by molar-refractivity contribution is 5.79. The van der Waals surface area contributed by atoms with E-state index in [2.05, 4.69) is 15.6 Å². The molecule has 0 aromatic heterocycles. The molecule has 1 aromatic rings. The summed E-state index contributed by atoms with van der Waals surface area (Å²) in [7, 11) is 1.79. The van der Waals surface area contributed by atoms with Crippen LogP contribution in [0.1, 0.15) is 37.3 Å². The van der Waals surface area contributed by atoms with Gasteiger partial charge in [0.25, 0.3) is 0 Å². The Balaban J connectivity index is 1.71. The number of hydrogen-bond acceptors (Lipinski definition) is 2. The largest absolute Gasteiger partial charge is 0.382 e. The quantitative estimate of drug-likeness (QED) is 0.414. The molecule has 2 N–H and O–H groups in total. The van der Waals surface area contributed by atoms with E-state index in [0.29, 0.717) is 5.41 Å². The SMILES string of the molecule is CCOCCC1(CNC(=NC)NCCc2ccc(F)cc2C)CC1. The van der Waals surface area contributed by atoms with Crippen molar-refractivity contribution in [3.8, 4) is 0 Å². The minimum atomic E-state index is -0.177. The molecule has 0 atom stereocenters. The highest BCUT2D eigenvalue weighted by Crippen LogP contribution is 2.48. The normalized spacial score (nSPS) is 16.1. The molecular formula is C19H30FN3O. The number of guanidine groups is 1. The van der Waals surface area contributed by atoms with E-state index in [1.54, 1.807) is 13.1 Å². The minimum absolute atomic E-state index is 0.177. The summed E-state index contributed by atoms with van der Waals surface area (Å²) in [5, 5.41) is 6.77. The van der Waals surface area contributed by atoms with Crippen LogP contribution in [-0.4, -0.2) is 39.3 Å². The Morgan fingerprint density at radius 2 is 2.12 bits per heavy atom. The van der Waals surface area contributed by atoms with Crippen molar-refractivity contribution in [2.45, 2.75) is 39.5 Å². The topological polar surface area (TPSA) is 45.6 Å². The molecule has 0 spiro atoms. The number of nitrogens with zero attached hydrogens (tertiary/aromatic N) is 1. The standard InChI is InChI=1S/C19H30FN3O/c1-4-24-12-10-19(8-9-19)14-23-18(21-3)22-11-7-16-5-6-17(20)13-15(16)2/h5-6,13H,4,7-12,14H2,1-3H3,(H2,21,22,23). The van der Waals surface area contributed by atoms with E-state index in [-0.39, 0.29) is 5.82 Å². The van der Waals surface area contributed by atoms with Crippen LogP contribution in [0.25, 0.3) is 0 Å². The van der Waals surface area contributed by atoms with Crippen LogP contribution >= 0.6 is 0 Å². The van der Waals surface area contributed by atoms with Crippen LogP contribution in [0.4, 0.5) is 4.39 Å². The molecule has 0 saturated heterocycles. The maximum Gasteiger partial charge on any atom is 0.191 e. The first-order valence-corrected chi connectivity index (χ1v) is 8.86. The monoisotopic (exact) mass is 335 g/mol. The van der Waals surface area contributed by atoms with Gasteiger partial charge in [-0.3, -0.25) is 4.99 Å². The van der Waals surface area contributed by atoms with Crippen LogP contribution in [0.2, 0.25) is 0 Å². The summed E-state index contributed by atoms with van der Waals surface area (Å²) in [6, 6.07) is 4.96. The summed E-state index contributed by atoms with van der Waals surface area (Å²) in [6.07, 6.45) is 4.49. The van der Waals surface area contributed by atoms with Gasteiger partial charge in [-0.05, 0) is 68.2 Å². The van der Waals surface area contributed by atoms with Crippen molar-refractivity contribution in [2.75, 3.05) is 33.4 Å². The Kier molecular flexibility index (Phi) is 7.03. The molecule has 0 amide bonds. The smallest absolute Gasteiger partial charge is 0.191 e. The molecule has 0 radical (unpaired) electrons. The second kappa shape index (κ2) is 9.02. The average Bonchev–Trinajstić information content (AvgIpc) is 3.33. The van der Waals surface area contributed by atoms with E-state index < -0.39 is 0 Å². The Morgan fingerprint density at radius 1 is 1.33 bits per heavy atom. The summed E-state index contributed by atoms with van der Waals surface area (Å²) in [4.78, 5) is 4.29. The van der Waals surface area contributed by atoms with Crippen LogP contribution in [-0.2, 0) is 11.2 Å². The molecular weight excluding hydrogens is 305 g/mol. The highest BCUT2D eigenvalue weighted by Gasteiger charge is 2.41. The van der Waals surface area contributed by atoms with Crippen LogP contribution in [0.3, 0.4) is 0 Å². The van der Waals surface area contributed by atoms with Crippen LogP contribution < -0.4 is 10.6 Å². The number of aryl methyl sites for hydroxylation is 1. The molecule has 2 rings (SSSR count). The lowest BCUT2D eigenvalue weighted by atomic mass is 10.0. The van der Waals surface area contributed by atoms with Gasteiger partial charge in [-0.15, -0.1) is 0 Å². The molecule has 24 heavy (non-hydrogen) atoms. The molecule has 0 unspecified atom stereocenters. The third kappa shape index (κ3) is 5.78. The first-order valence-electron chi connectivity index (χ1n) is 8.86. The first-order chi connectivity index (χ1) is 11.6. The number of halogens is 1. The van der Waals surface area contributed by atoms with Gasteiger partial charge in [0.05, 0.1) is 0 Å². The van der Waals surface area contributed by atoms with Gasteiger partial charge in [0.2, 0.25) is 0 Å². The fourth-order valence-corrected chi connectivity index (χ4v) is 2.87. The van der Waals surface area contributed by atoms with Gasteiger partial charge >= 0.3 is 0 Å². The molecule has 0 heterocycles. The summed E-state index contributed by atoms with van der Waals surface area (Å²) >= 11 is 0. The average molecular weight is 335 g/mol. The summed E-state index contributed by atoms with van der Waals surface area (Å²) in [6.45, 7) is 7.32. The second-order valence-electron chi connectivity index (χ2n) is 6.62. The van der Waals surface area contributed by atoms with Crippen molar-refractivity contribution in [1.82, 2.24) is 10.6 Å². The lowest BCUT2D eigenvalue weighted by molar-refractivity contribution is 0.128. The number of hydrogen-bond donors (Lipinski definition) is 2. The van der Waals surface area contributed by atoms with Gasteiger partial charge in [-0.25, -0.2) is 4.39 Å². The van der Waals surface area contributed by atoms with Crippen molar-refractivity contribution in [3.05, 3.63) is 35.1 Å². The lowest BCUT2D eigenvalue weighted by Gasteiger charge is -2.18. The molecule has 0 bridgehead atoms. The maximum absolute atomic E-state index is 13.1. The molecule has 1 saturated carbocycles. The number of aliphatic imine (C=N–C) groups is 1. The van der Waals surface area contributed by atoms with Crippen LogP contribution in [0.5, 0.6) is 0 Å². The zero-order valence-electron chi connectivity index (χ0n) is 15.1. The third-order valence-electron chi connectivity index (χ3n) is 4.78. The zero-order valence-corrected chi connectivity index (χ0v) is 15.1. The van der Waals surface area contributed by atoms with Gasteiger partial charge in [0, 0.05) is 33.4 Å². The van der Waals surface area contributed by atoms with E-state index in [9.17, 15) is 4.39 Å².